The number of carbonyl (C=O) groups excluding carboxylic acids is 1. The van der Waals surface area contributed by atoms with Gasteiger partial charge in [-0.3, -0.25) is 4.79 Å². The van der Waals surface area contributed by atoms with E-state index >= 15 is 0 Å². The lowest BCUT2D eigenvalue weighted by atomic mass is 9.99. The Morgan fingerprint density at radius 1 is 1.38 bits per heavy atom. The Morgan fingerprint density at radius 3 is 2.81 bits per heavy atom. The first-order valence-electron chi connectivity index (χ1n) is 8.59. The van der Waals surface area contributed by atoms with Crippen molar-refractivity contribution in [1.29, 1.82) is 0 Å². The number of amides is 1. The molecule has 1 amide bonds. The van der Waals surface area contributed by atoms with Gasteiger partial charge in [-0.05, 0) is 24.5 Å². The van der Waals surface area contributed by atoms with Crippen molar-refractivity contribution >= 4 is 27.9 Å². The lowest BCUT2D eigenvalue weighted by Gasteiger charge is -2.32. The summed E-state index contributed by atoms with van der Waals surface area (Å²) in [6.07, 6.45) is 1.36. The van der Waals surface area contributed by atoms with E-state index in [0.29, 0.717) is 43.0 Å². The minimum atomic E-state index is -3.48. The monoisotopic (exact) mass is 403 g/mol. The molecule has 0 radical (unpaired) electrons. The molecule has 0 aliphatic carbocycles. The van der Waals surface area contributed by atoms with E-state index in [9.17, 15) is 17.6 Å². The molecule has 1 saturated heterocycles. The number of rotatable bonds is 8. The van der Waals surface area contributed by atoms with Crippen LogP contribution in [0.2, 0.25) is 0 Å². The van der Waals surface area contributed by atoms with Gasteiger partial charge in [0.2, 0.25) is 5.91 Å². The number of hydrogen-bond acceptors (Lipinski definition) is 4. The Balaban J connectivity index is 1.73. The molecule has 1 aliphatic rings. The van der Waals surface area contributed by atoms with Gasteiger partial charge < -0.3 is 5.32 Å². The van der Waals surface area contributed by atoms with Crippen molar-refractivity contribution in [3.05, 3.63) is 35.6 Å². The lowest BCUT2D eigenvalue weighted by molar-refractivity contribution is -0.125. The number of thioether (sulfide) groups is 1. The summed E-state index contributed by atoms with van der Waals surface area (Å²) in [5.74, 6) is 0.575. The standard InChI is InChI=1S/C17H26FN3O3S2/c1-20(2)26(23,24)21-10-5-7-14(12-21)17(22)19-9-11-25-13-15-6-3-4-8-16(15)18/h3-4,6,8,14H,5,7,9-13H2,1-2H3,(H,19,22)/t14-/m0/s1. The average molecular weight is 404 g/mol. The molecule has 0 saturated carbocycles. The van der Waals surface area contributed by atoms with Crippen LogP contribution in [0.1, 0.15) is 18.4 Å². The van der Waals surface area contributed by atoms with Crippen LogP contribution in [-0.2, 0) is 20.8 Å². The molecular weight excluding hydrogens is 377 g/mol. The molecule has 0 unspecified atom stereocenters. The molecule has 0 spiro atoms. The van der Waals surface area contributed by atoms with Gasteiger partial charge in [-0.25, -0.2) is 4.39 Å². The smallest absolute Gasteiger partial charge is 0.281 e. The molecule has 1 aliphatic heterocycles. The number of nitrogens with one attached hydrogen (secondary N) is 1. The third kappa shape index (κ3) is 5.67. The highest BCUT2D eigenvalue weighted by molar-refractivity contribution is 7.98. The predicted molar refractivity (Wildman–Crippen MR) is 102 cm³/mol. The highest BCUT2D eigenvalue weighted by Crippen LogP contribution is 2.20. The van der Waals surface area contributed by atoms with E-state index in [1.54, 1.807) is 30.0 Å². The maximum atomic E-state index is 13.5. The van der Waals surface area contributed by atoms with E-state index in [1.165, 1.54) is 28.8 Å². The van der Waals surface area contributed by atoms with Crippen molar-refractivity contribution < 1.29 is 17.6 Å². The number of carbonyl (C=O) groups is 1. The van der Waals surface area contributed by atoms with Gasteiger partial charge in [0.1, 0.15) is 5.82 Å². The van der Waals surface area contributed by atoms with Crippen LogP contribution < -0.4 is 5.32 Å². The Bertz CT molecular complexity index is 713. The summed E-state index contributed by atoms with van der Waals surface area (Å²) in [5, 5.41) is 2.87. The average Bonchev–Trinajstić information content (AvgIpc) is 2.62. The first-order chi connectivity index (χ1) is 12.3. The summed E-state index contributed by atoms with van der Waals surface area (Å²) in [4.78, 5) is 12.3. The normalized spacial score (nSPS) is 18.8. The minimum absolute atomic E-state index is 0.116. The zero-order valence-corrected chi connectivity index (χ0v) is 16.8. The van der Waals surface area contributed by atoms with Gasteiger partial charge in [0.25, 0.3) is 10.2 Å². The summed E-state index contributed by atoms with van der Waals surface area (Å²) < 4.78 is 40.5. The molecule has 1 heterocycles. The molecule has 0 bridgehead atoms. The molecule has 9 heteroatoms. The topological polar surface area (TPSA) is 69.7 Å². The minimum Gasteiger partial charge on any atom is -0.355 e. The van der Waals surface area contributed by atoms with E-state index in [0.717, 1.165) is 0 Å². The van der Waals surface area contributed by atoms with Crippen LogP contribution in [0.3, 0.4) is 0 Å². The third-order valence-corrected chi connectivity index (χ3v) is 7.22. The van der Waals surface area contributed by atoms with Gasteiger partial charge >= 0.3 is 0 Å². The van der Waals surface area contributed by atoms with Crippen molar-refractivity contribution in [2.75, 3.05) is 39.5 Å². The highest BCUT2D eigenvalue weighted by Gasteiger charge is 2.33. The molecule has 2 rings (SSSR count). The SMILES string of the molecule is CN(C)S(=O)(=O)N1CCC[C@H](C(=O)NCCSCc2ccccc2F)C1. The van der Waals surface area contributed by atoms with Gasteiger partial charge in [-0.2, -0.15) is 28.8 Å². The van der Waals surface area contributed by atoms with Crippen LogP contribution in [0.25, 0.3) is 0 Å². The van der Waals surface area contributed by atoms with Gasteiger partial charge in [0.15, 0.2) is 0 Å². The molecule has 1 fully saturated rings. The van der Waals surface area contributed by atoms with Gasteiger partial charge in [0.05, 0.1) is 5.92 Å². The van der Waals surface area contributed by atoms with Gasteiger partial charge in [0, 0.05) is 45.2 Å². The summed E-state index contributed by atoms with van der Waals surface area (Å²) in [6.45, 7) is 1.15. The fraction of sp³-hybridized carbons (Fsp3) is 0.588. The number of halogens is 1. The van der Waals surface area contributed by atoms with Crippen molar-refractivity contribution in [2.45, 2.75) is 18.6 Å². The van der Waals surface area contributed by atoms with Crippen LogP contribution in [-0.4, -0.2) is 62.4 Å². The number of nitrogens with zero attached hydrogens (tertiary/aromatic N) is 2. The Kier molecular flexibility index (Phi) is 7.87. The molecule has 1 aromatic rings. The summed E-state index contributed by atoms with van der Waals surface area (Å²) in [7, 11) is -0.499. The van der Waals surface area contributed by atoms with Crippen LogP contribution in [0.15, 0.2) is 24.3 Å². The second kappa shape index (κ2) is 9.68. The van der Waals surface area contributed by atoms with Gasteiger partial charge in [-0.1, -0.05) is 18.2 Å². The van der Waals surface area contributed by atoms with Crippen LogP contribution in [0, 0.1) is 11.7 Å². The van der Waals surface area contributed by atoms with Crippen molar-refractivity contribution in [2.24, 2.45) is 5.92 Å². The molecule has 0 aromatic heterocycles. The van der Waals surface area contributed by atoms with Crippen LogP contribution in [0.5, 0.6) is 0 Å². The summed E-state index contributed by atoms with van der Waals surface area (Å²) >= 11 is 1.55. The van der Waals surface area contributed by atoms with Crippen molar-refractivity contribution in [3.8, 4) is 0 Å². The second-order valence-corrected chi connectivity index (χ2v) is 9.67. The van der Waals surface area contributed by atoms with E-state index in [2.05, 4.69) is 5.32 Å². The van der Waals surface area contributed by atoms with Crippen molar-refractivity contribution in [3.63, 3.8) is 0 Å². The number of benzene rings is 1. The molecule has 26 heavy (non-hydrogen) atoms. The highest BCUT2D eigenvalue weighted by atomic mass is 32.2. The maximum absolute atomic E-state index is 13.5. The maximum Gasteiger partial charge on any atom is 0.281 e. The number of piperidine rings is 1. The molecule has 1 atom stereocenters. The Morgan fingerprint density at radius 2 is 2.12 bits per heavy atom. The van der Waals surface area contributed by atoms with E-state index in [-0.39, 0.29) is 24.2 Å². The Hall–Kier alpha value is -1.16. The first-order valence-corrected chi connectivity index (χ1v) is 11.1. The molecule has 6 nitrogen and oxygen atoms in total. The predicted octanol–water partition coefficient (Wildman–Crippen LogP) is 1.69. The third-order valence-electron chi connectivity index (χ3n) is 4.30. The van der Waals surface area contributed by atoms with E-state index in [4.69, 9.17) is 0 Å². The van der Waals surface area contributed by atoms with Crippen LogP contribution >= 0.6 is 11.8 Å². The molecule has 1 aromatic carbocycles. The summed E-state index contributed by atoms with van der Waals surface area (Å²) in [6, 6.07) is 6.65. The molecular formula is C17H26FN3O3S2. The fourth-order valence-corrected chi connectivity index (χ4v) is 4.82. The molecule has 146 valence electrons. The zero-order chi connectivity index (χ0) is 19.2. The van der Waals surface area contributed by atoms with Crippen molar-refractivity contribution in [1.82, 2.24) is 13.9 Å². The van der Waals surface area contributed by atoms with Gasteiger partial charge in [-0.15, -0.1) is 0 Å². The number of hydrogen-bond donors (Lipinski definition) is 1. The second-order valence-electron chi connectivity index (χ2n) is 6.42. The quantitative estimate of drug-likeness (QED) is 0.671. The van der Waals surface area contributed by atoms with E-state index < -0.39 is 10.2 Å². The fourth-order valence-electron chi connectivity index (χ4n) is 2.79. The largest absolute Gasteiger partial charge is 0.355 e. The van der Waals surface area contributed by atoms with Crippen LogP contribution in [0.4, 0.5) is 4.39 Å². The first kappa shape index (κ1) is 21.1. The lowest BCUT2D eigenvalue weighted by Crippen LogP contribution is -2.49. The van der Waals surface area contributed by atoms with E-state index in [1.807, 2.05) is 0 Å². The Labute approximate surface area is 159 Å². The zero-order valence-electron chi connectivity index (χ0n) is 15.2. The summed E-state index contributed by atoms with van der Waals surface area (Å²) in [5.41, 5.74) is 0.653. The molecule has 1 N–H and O–H groups in total.